The number of aliphatic imine (C=N–C) groups is 1. The van der Waals surface area contributed by atoms with Gasteiger partial charge in [-0.15, -0.1) is 24.0 Å². The molecule has 1 fully saturated rings. The molecule has 0 aromatic heterocycles. The van der Waals surface area contributed by atoms with Crippen LogP contribution in [0.15, 0.2) is 59.6 Å². The normalized spacial score (nSPS) is 13.7. The van der Waals surface area contributed by atoms with Crippen LogP contribution < -0.4 is 10.1 Å². The van der Waals surface area contributed by atoms with Gasteiger partial charge in [0.05, 0.1) is 6.54 Å². The van der Waals surface area contributed by atoms with Gasteiger partial charge in [-0.25, -0.2) is 0 Å². The van der Waals surface area contributed by atoms with E-state index in [4.69, 9.17) is 4.74 Å². The highest BCUT2D eigenvalue weighted by molar-refractivity contribution is 14.0. The van der Waals surface area contributed by atoms with Crippen LogP contribution in [0.2, 0.25) is 0 Å². The van der Waals surface area contributed by atoms with Crippen LogP contribution in [-0.2, 0) is 17.9 Å². The van der Waals surface area contributed by atoms with Crippen LogP contribution in [0.5, 0.6) is 5.75 Å². The number of ether oxygens (including phenoxy) is 1. The maximum absolute atomic E-state index is 11.8. The second-order valence-corrected chi connectivity index (χ2v) is 7.22. The van der Waals surface area contributed by atoms with E-state index in [2.05, 4.69) is 39.5 Å². The quantitative estimate of drug-likeness (QED) is 0.328. The number of carbonyl (C=O) groups excluding carboxylic acids is 1. The Morgan fingerprint density at radius 2 is 1.83 bits per heavy atom. The molecule has 1 N–H and O–H groups in total. The Bertz CT molecular complexity index is 812. The fraction of sp³-hybridized carbons (Fsp3) is 0.391. The highest BCUT2D eigenvalue weighted by atomic mass is 127. The number of rotatable bonds is 8. The smallest absolute Gasteiger partial charge is 0.222 e. The molecular formula is C23H31IN4O2. The lowest BCUT2D eigenvalue weighted by molar-refractivity contribution is -0.128. The van der Waals surface area contributed by atoms with Crippen LogP contribution >= 0.6 is 24.0 Å². The Hall–Kier alpha value is -2.29. The third kappa shape index (κ3) is 7.19. The molecule has 7 heteroatoms. The average molecular weight is 522 g/mol. The summed E-state index contributed by atoms with van der Waals surface area (Å²) in [6.07, 6.45) is 1.66. The van der Waals surface area contributed by atoms with Crippen molar-refractivity contribution in [2.75, 3.05) is 33.8 Å². The fourth-order valence-electron chi connectivity index (χ4n) is 3.34. The number of likely N-dealkylation sites (tertiary alicyclic amines) is 1. The number of likely N-dealkylation sites (N-methyl/N-ethyl adjacent to an activating group) is 1. The van der Waals surface area contributed by atoms with E-state index in [-0.39, 0.29) is 29.9 Å². The topological polar surface area (TPSA) is 57.2 Å². The number of nitrogens with zero attached hydrogens (tertiary/aromatic N) is 3. The standard InChI is InChI=1S/C23H30N4O2.HI/c1-24-23(26(2)15-16-29-21-7-4-3-5-8-21)25-17-19-10-12-20(13-11-19)18-27-14-6-9-22(27)28;/h3-5,7-8,10-13H,6,9,14-18H2,1-2H3,(H,24,25);1H. The van der Waals surface area contributed by atoms with Crippen molar-refractivity contribution < 1.29 is 9.53 Å². The largest absolute Gasteiger partial charge is 0.492 e. The summed E-state index contributed by atoms with van der Waals surface area (Å²) in [5.41, 5.74) is 2.35. The zero-order chi connectivity index (χ0) is 20.5. The van der Waals surface area contributed by atoms with Crippen molar-refractivity contribution in [1.29, 1.82) is 0 Å². The Kier molecular flexibility index (Phi) is 9.93. The summed E-state index contributed by atoms with van der Waals surface area (Å²) in [5, 5.41) is 3.39. The number of hydrogen-bond donors (Lipinski definition) is 1. The van der Waals surface area contributed by atoms with Gasteiger partial charge in [0.2, 0.25) is 5.91 Å². The molecule has 0 radical (unpaired) electrons. The van der Waals surface area contributed by atoms with Gasteiger partial charge in [0.1, 0.15) is 12.4 Å². The van der Waals surface area contributed by atoms with Gasteiger partial charge in [0.25, 0.3) is 0 Å². The summed E-state index contributed by atoms with van der Waals surface area (Å²) in [6.45, 7) is 3.60. The van der Waals surface area contributed by atoms with Crippen LogP contribution in [0.25, 0.3) is 0 Å². The Balaban J connectivity index is 0.00000320. The molecule has 1 saturated heterocycles. The fourth-order valence-corrected chi connectivity index (χ4v) is 3.34. The molecule has 0 unspecified atom stereocenters. The van der Waals surface area contributed by atoms with E-state index in [9.17, 15) is 4.79 Å². The summed E-state index contributed by atoms with van der Waals surface area (Å²) >= 11 is 0. The number of halogens is 1. The molecule has 0 bridgehead atoms. The van der Waals surface area contributed by atoms with E-state index in [1.165, 1.54) is 11.1 Å². The molecule has 2 aromatic carbocycles. The third-order valence-corrected chi connectivity index (χ3v) is 5.03. The Labute approximate surface area is 196 Å². The lowest BCUT2D eigenvalue weighted by atomic mass is 10.1. The molecular weight excluding hydrogens is 491 g/mol. The van der Waals surface area contributed by atoms with Crippen molar-refractivity contribution in [2.45, 2.75) is 25.9 Å². The molecule has 0 atom stereocenters. The van der Waals surface area contributed by atoms with E-state index in [0.717, 1.165) is 31.2 Å². The van der Waals surface area contributed by atoms with E-state index in [1.807, 2.05) is 42.3 Å². The van der Waals surface area contributed by atoms with Gasteiger partial charge in [0, 0.05) is 40.2 Å². The van der Waals surface area contributed by atoms with Crippen molar-refractivity contribution in [3.63, 3.8) is 0 Å². The minimum atomic E-state index is 0. The number of hydrogen-bond acceptors (Lipinski definition) is 3. The summed E-state index contributed by atoms with van der Waals surface area (Å²) in [7, 11) is 3.78. The molecule has 0 spiro atoms. The van der Waals surface area contributed by atoms with Crippen LogP contribution in [0.3, 0.4) is 0 Å². The van der Waals surface area contributed by atoms with E-state index >= 15 is 0 Å². The first kappa shape index (κ1) is 24.0. The van der Waals surface area contributed by atoms with Crippen molar-refractivity contribution >= 4 is 35.8 Å². The zero-order valence-corrected chi connectivity index (χ0v) is 20.0. The predicted molar refractivity (Wildman–Crippen MR) is 131 cm³/mol. The first-order valence-corrected chi connectivity index (χ1v) is 10.1. The second-order valence-electron chi connectivity index (χ2n) is 7.22. The van der Waals surface area contributed by atoms with Crippen LogP contribution in [0, 0.1) is 0 Å². The van der Waals surface area contributed by atoms with Crippen molar-refractivity contribution in [3.05, 3.63) is 65.7 Å². The maximum Gasteiger partial charge on any atom is 0.222 e. The summed E-state index contributed by atoms with van der Waals surface area (Å²) < 4.78 is 5.76. The minimum Gasteiger partial charge on any atom is -0.492 e. The summed E-state index contributed by atoms with van der Waals surface area (Å²) in [5.74, 6) is 1.96. The number of amides is 1. The number of benzene rings is 2. The summed E-state index contributed by atoms with van der Waals surface area (Å²) in [6, 6.07) is 18.2. The molecule has 1 aliphatic rings. The predicted octanol–water partition coefficient (Wildman–Crippen LogP) is 3.51. The Morgan fingerprint density at radius 3 is 2.47 bits per heavy atom. The van der Waals surface area contributed by atoms with Crippen molar-refractivity contribution in [3.8, 4) is 5.75 Å². The first-order valence-electron chi connectivity index (χ1n) is 10.1. The van der Waals surface area contributed by atoms with Crippen molar-refractivity contribution in [2.24, 2.45) is 4.99 Å². The van der Waals surface area contributed by atoms with Crippen LogP contribution in [0.4, 0.5) is 0 Å². The second kappa shape index (κ2) is 12.4. The first-order chi connectivity index (χ1) is 14.2. The van der Waals surface area contributed by atoms with E-state index < -0.39 is 0 Å². The van der Waals surface area contributed by atoms with Gasteiger partial charge in [-0.3, -0.25) is 9.79 Å². The van der Waals surface area contributed by atoms with Gasteiger partial charge < -0.3 is 19.9 Å². The van der Waals surface area contributed by atoms with E-state index in [0.29, 0.717) is 26.1 Å². The molecule has 30 heavy (non-hydrogen) atoms. The van der Waals surface area contributed by atoms with Gasteiger partial charge >= 0.3 is 0 Å². The SMILES string of the molecule is CN=C(NCc1ccc(CN2CCCC2=O)cc1)N(C)CCOc1ccccc1.I. The maximum atomic E-state index is 11.8. The molecule has 2 aromatic rings. The minimum absolute atomic E-state index is 0. The number of carbonyl (C=O) groups is 1. The van der Waals surface area contributed by atoms with Gasteiger partial charge in [-0.05, 0) is 29.7 Å². The van der Waals surface area contributed by atoms with Crippen molar-refractivity contribution in [1.82, 2.24) is 15.1 Å². The molecule has 1 heterocycles. The monoisotopic (exact) mass is 522 g/mol. The lowest BCUT2D eigenvalue weighted by Gasteiger charge is -2.22. The summed E-state index contributed by atoms with van der Waals surface area (Å²) in [4.78, 5) is 20.1. The highest BCUT2D eigenvalue weighted by Gasteiger charge is 2.19. The average Bonchev–Trinajstić information content (AvgIpc) is 3.15. The Morgan fingerprint density at radius 1 is 1.13 bits per heavy atom. The molecule has 0 aliphatic carbocycles. The van der Waals surface area contributed by atoms with Gasteiger partial charge in [0.15, 0.2) is 5.96 Å². The lowest BCUT2D eigenvalue weighted by Crippen LogP contribution is -2.40. The van der Waals surface area contributed by atoms with E-state index in [1.54, 1.807) is 7.05 Å². The molecule has 6 nitrogen and oxygen atoms in total. The van der Waals surface area contributed by atoms with Gasteiger partial charge in [-0.2, -0.15) is 0 Å². The molecule has 162 valence electrons. The molecule has 1 aliphatic heterocycles. The highest BCUT2D eigenvalue weighted by Crippen LogP contribution is 2.15. The van der Waals surface area contributed by atoms with Crippen LogP contribution in [-0.4, -0.2) is 55.5 Å². The molecule has 0 saturated carbocycles. The third-order valence-electron chi connectivity index (χ3n) is 5.03. The van der Waals surface area contributed by atoms with Gasteiger partial charge in [-0.1, -0.05) is 42.5 Å². The number of nitrogens with one attached hydrogen (secondary N) is 1. The number of guanidine groups is 1. The molecule has 1 amide bonds. The molecule has 3 rings (SSSR count). The zero-order valence-electron chi connectivity index (χ0n) is 17.7. The van der Waals surface area contributed by atoms with Crippen LogP contribution in [0.1, 0.15) is 24.0 Å². The number of para-hydroxylation sites is 1.